The van der Waals surface area contributed by atoms with Crippen molar-refractivity contribution in [3.05, 3.63) is 11.3 Å². The quantitative estimate of drug-likeness (QED) is 0.888. The first kappa shape index (κ1) is 13.4. The molecule has 2 N–H and O–H groups in total. The van der Waals surface area contributed by atoms with E-state index in [0.29, 0.717) is 0 Å². The van der Waals surface area contributed by atoms with Crippen molar-refractivity contribution in [1.29, 1.82) is 0 Å². The van der Waals surface area contributed by atoms with E-state index in [0.717, 1.165) is 37.0 Å². The van der Waals surface area contributed by atoms with Crippen LogP contribution in [-0.2, 0) is 13.5 Å². The highest BCUT2D eigenvalue weighted by Gasteiger charge is 2.30. The summed E-state index contributed by atoms with van der Waals surface area (Å²) in [4.78, 5) is 2.48. The summed E-state index contributed by atoms with van der Waals surface area (Å²) in [5, 5.41) is 4.58. The van der Waals surface area contributed by atoms with Crippen molar-refractivity contribution >= 4 is 5.82 Å². The summed E-state index contributed by atoms with van der Waals surface area (Å²) in [7, 11) is 2.04. The average Bonchev–Trinajstić information content (AvgIpc) is 2.69. The number of nitrogens with zero attached hydrogens (tertiary/aromatic N) is 3. The maximum atomic E-state index is 5.97. The minimum atomic E-state index is 0.184. The molecule has 1 aliphatic rings. The Morgan fingerprint density at radius 2 is 1.89 bits per heavy atom. The van der Waals surface area contributed by atoms with Gasteiger partial charge < -0.3 is 10.6 Å². The van der Waals surface area contributed by atoms with Gasteiger partial charge in [-0.05, 0) is 32.1 Å². The second-order valence-electron chi connectivity index (χ2n) is 6.05. The van der Waals surface area contributed by atoms with E-state index in [1.807, 2.05) is 11.7 Å². The fourth-order valence-corrected chi connectivity index (χ4v) is 2.95. The van der Waals surface area contributed by atoms with E-state index in [1.54, 1.807) is 0 Å². The van der Waals surface area contributed by atoms with Crippen LogP contribution < -0.4 is 10.6 Å². The van der Waals surface area contributed by atoms with Crippen molar-refractivity contribution in [1.82, 2.24) is 9.78 Å². The first-order chi connectivity index (χ1) is 8.40. The van der Waals surface area contributed by atoms with Crippen LogP contribution in [0.2, 0.25) is 0 Å². The van der Waals surface area contributed by atoms with Crippen molar-refractivity contribution in [2.24, 2.45) is 24.6 Å². The average molecular weight is 250 g/mol. The van der Waals surface area contributed by atoms with Gasteiger partial charge in [-0.1, -0.05) is 13.8 Å². The van der Waals surface area contributed by atoms with E-state index < -0.39 is 0 Å². The summed E-state index contributed by atoms with van der Waals surface area (Å²) in [6.07, 6.45) is 0.911. The Balaban J connectivity index is 2.32. The number of aromatic nitrogens is 2. The van der Waals surface area contributed by atoms with E-state index in [1.165, 1.54) is 11.4 Å². The Kier molecular flexibility index (Phi) is 3.66. The second-order valence-corrected chi connectivity index (χ2v) is 6.05. The molecule has 1 saturated heterocycles. The van der Waals surface area contributed by atoms with Gasteiger partial charge in [0.25, 0.3) is 0 Å². The van der Waals surface area contributed by atoms with Crippen molar-refractivity contribution in [3.8, 4) is 0 Å². The molecule has 2 heterocycles. The van der Waals surface area contributed by atoms with Crippen molar-refractivity contribution in [2.45, 2.75) is 40.2 Å². The van der Waals surface area contributed by atoms with Crippen molar-refractivity contribution < 1.29 is 0 Å². The molecule has 18 heavy (non-hydrogen) atoms. The molecule has 1 fully saturated rings. The fraction of sp³-hybridized carbons (Fsp3) is 0.786. The first-order valence-electron chi connectivity index (χ1n) is 6.93. The van der Waals surface area contributed by atoms with E-state index in [4.69, 9.17) is 5.73 Å². The number of hydrogen-bond acceptors (Lipinski definition) is 3. The molecule has 3 unspecified atom stereocenters. The predicted octanol–water partition coefficient (Wildman–Crippen LogP) is 1.71. The zero-order chi connectivity index (χ0) is 13.4. The van der Waals surface area contributed by atoms with Gasteiger partial charge in [0.05, 0.1) is 5.69 Å². The van der Waals surface area contributed by atoms with Gasteiger partial charge in [-0.25, -0.2) is 0 Å². The monoisotopic (exact) mass is 250 g/mol. The maximum Gasteiger partial charge on any atom is 0.130 e. The number of aryl methyl sites for hydroxylation is 2. The second kappa shape index (κ2) is 4.92. The topological polar surface area (TPSA) is 47.1 Å². The molecule has 0 radical (unpaired) electrons. The zero-order valence-electron chi connectivity index (χ0n) is 12.3. The molecule has 0 aliphatic carbocycles. The summed E-state index contributed by atoms with van der Waals surface area (Å²) in [6.45, 7) is 11.1. The fourth-order valence-electron chi connectivity index (χ4n) is 2.95. The number of rotatable bonds is 3. The Morgan fingerprint density at radius 3 is 2.39 bits per heavy atom. The van der Waals surface area contributed by atoms with Gasteiger partial charge in [0.15, 0.2) is 0 Å². The van der Waals surface area contributed by atoms with Crippen molar-refractivity contribution in [2.75, 3.05) is 18.0 Å². The molecule has 0 aromatic carbocycles. The molecule has 0 spiro atoms. The molecule has 4 nitrogen and oxygen atoms in total. The third kappa shape index (κ3) is 2.39. The standard InChI is InChI=1S/C14H26N4/c1-9-7-18(8-10(9)2)14-13(6-11(3)15)12(4)16-17(14)5/h9-11H,6-8,15H2,1-5H3. The first-order valence-corrected chi connectivity index (χ1v) is 6.93. The molecule has 0 saturated carbocycles. The lowest BCUT2D eigenvalue weighted by molar-refractivity contribution is 0.494. The minimum absolute atomic E-state index is 0.184. The minimum Gasteiger partial charge on any atom is -0.356 e. The van der Waals surface area contributed by atoms with Crippen LogP contribution in [0.3, 0.4) is 0 Å². The molecule has 3 atom stereocenters. The van der Waals surface area contributed by atoms with Crippen LogP contribution in [0.25, 0.3) is 0 Å². The molecule has 102 valence electrons. The van der Waals surface area contributed by atoms with Crippen LogP contribution in [-0.4, -0.2) is 28.9 Å². The van der Waals surface area contributed by atoms with Crippen LogP contribution in [0.1, 0.15) is 32.0 Å². The van der Waals surface area contributed by atoms with Crippen LogP contribution >= 0.6 is 0 Å². The SMILES string of the molecule is Cc1nn(C)c(N2CC(C)C(C)C2)c1CC(C)N. The van der Waals surface area contributed by atoms with Gasteiger partial charge >= 0.3 is 0 Å². The molecule has 0 bridgehead atoms. The number of hydrogen-bond donors (Lipinski definition) is 1. The summed E-state index contributed by atoms with van der Waals surface area (Å²) < 4.78 is 2.03. The summed E-state index contributed by atoms with van der Waals surface area (Å²) in [5.41, 5.74) is 8.42. The lowest BCUT2D eigenvalue weighted by Gasteiger charge is -2.21. The van der Waals surface area contributed by atoms with Gasteiger partial charge in [-0.2, -0.15) is 5.10 Å². The van der Waals surface area contributed by atoms with E-state index in [2.05, 4.69) is 37.7 Å². The molecule has 1 aromatic heterocycles. The third-order valence-electron chi connectivity index (χ3n) is 4.13. The third-order valence-corrected chi connectivity index (χ3v) is 4.13. The predicted molar refractivity (Wildman–Crippen MR) is 75.8 cm³/mol. The van der Waals surface area contributed by atoms with E-state index >= 15 is 0 Å². The van der Waals surface area contributed by atoms with Crippen LogP contribution in [0.15, 0.2) is 0 Å². The van der Waals surface area contributed by atoms with Gasteiger partial charge in [-0.3, -0.25) is 4.68 Å². The summed E-state index contributed by atoms with van der Waals surface area (Å²) in [5.74, 6) is 2.78. The van der Waals surface area contributed by atoms with Gasteiger partial charge in [0.2, 0.25) is 0 Å². The molecule has 4 heteroatoms. The largest absolute Gasteiger partial charge is 0.356 e. The number of anilines is 1. The highest BCUT2D eigenvalue weighted by atomic mass is 15.4. The summed E-state index contributed by atoms with van der Waals surface area (Å²) >= 11 is 0. The number of nitrogens with two attached hydrogens (primary N) is 1. The van der Waals surface area contributed by atoms with Gasteiger partial charge in [0.1, 0.15) is 5.82 Å². The Morgan fingerprint density at radius 1 is 1.33 bits per heavy atom. The Labute approximate surface area is 110 Å². The molecule has 0 amide bonds. The lowest BCUT2D eigenvalue weighted by atomic mass is 10.0. The molecule has 1 aliphatic heterocycles. The van der Waals surface area contributed by atoms with Crippen LogP contribution in [0, 0.1) is 18.8 Å². The normalized spacial score (nSPS) is 25.8. The smallest absolute Gasteiger partial charge is 0.130 e. The maximum absolute atomic E-state index is 5.97. The van der Waals surface area contributed by atoms with Crippen molar-refractivity contribution in [3.63, 3.8) is 0 Å². The van der Waals surface area contributed by atoms with Crippen LogP contribution in [0.5, 0.6) is 0 Å². The molecule has 1 aromatic rings. The Hall–Kier alpha value is -1.03. The van der Waals surface area contributed by atoms with E-state index in [-0.39, 0.29) is 6.04 Å². The highest BCUT2D eigenvalue weighted by molar-refractivity contribution is 5.51. The van der Waals surface area contributed by atoms with Gasteiger partial charge in [-0.15, -0.1) is 0 Å². The van der Waals surface area contributed by atoms with Gasteiger partial charge in [0, 0.05) is 31.7 Å². The molecular formula is C14H26N4. The van der Waals surface area contributed by atoms with Crippen LogP contribution in [0.4, 0.5) is 5.82 Å². The van der Waals surface area contributed by atoms with E-state index in [9.17, 15) is 0 Å². The lowest BCUT2D eigenvalue weighted by Crippen LogP contribution is -2.25. The molecule has 2 rings (SSSR count). The molecular weight excluding hydrogens is 224 g/mol. The summed E-state index contributed by atoms with van der Waals surface area (Å²) in [6, 6.07) is 0.184. The Bertz CT molecular complexity index is 412. The highest BCUT2D eigenvalue weighted by Crippen LogP contribution is 2.31. The zero-order valence-corrected chi connectivity index (χ0v) is 12.3.